The van der Waals surface area contributed by atoms with Gasteiger partial charge in [-0.1, -0.05) is 37.3 Å². The Morgan fingerprint density at radius 3 is 2.47 bits per heavy atom. The van der Waals surface area contributed by atoms with Crippen molar-refractivity contribution in [3.05, 3.63) is 76.8 Å². The van der Waals surface area contributed by atoms with Gasteiger partial charge in [-0.15, -0.1) is 0 Å². The Hall–Kier alpha value is -3.08. The minimum atomic E-state index is -0.767. The van der Waals surface area contributed by atoms with Crippen LogP contribution in [0.5, 0.6) is 0 Å². The first-order valence-corrected chi connectivity index (χ1v) is 10.3. The Kier molecular flexibility index (Phi) is 4.07. The maximum Gasteiger partial charge on any atom is 0.331 e. The molecule has 154 valence electrons. The summed E-state index contributed by atoms with van der Waals surface area (Å²) in [6.45, 7) is 7.69. The van der Waals surface area contributed by atoms with E-state index in [-0.39, 0.29) is 17.8 Å². The Bertz CT molecular complexity index is 1070. The average Bonchev–Trinajstić information content (AvgIpc) is 2.71. The molecular formula is C25H24O5. The van der Waals surface area contributed by atoms with Crippen molar-refractivity contribution in [3.8, 4) is 0 Å². The van der Waals surface area contributed by atoms with E-state index < -0.39 is 23.6 Å². The van der Waals surface area contributed by atoms with Gasteiger partial charge in [-0.05, 0) is 44.1 Å². The summed E-state index contributed by atoms with van der Waals surface area (Å²) in [6.07, 6.45) is 4.42. The first kappa shape index (κ1) is 18.9. The van der Waals surface area contributed by atoms with E-state index >= 15 is 0 Å². The van der Waals surface area contributed by atoms with Gasteiger partial charge < -0.3 is 14.2 Å². The fourth-order valence-electron chi connectivity index (χ4n) is 4.56. The fourth-order valence-corrected chi connectivity index (χ4v) is 4.56. The van der Waals surface area contributed by atoms with Crippen molar-refractivity contribution in [1.82, 2.24) is 0 Å². The Balaban J connectivity index is 1.75. The Labute approximate surface area is 175 Å². The fraction of sp³-hybridized carbons (Fsp3) is 0.360. The van der Waals surface area contributed by atoms with Gasteiger partial charge in [-0.25, -0.2) is 4.79 Å². The van der Waals surface area contributed by atoms with Crippen LogP contribution in [0.15, 0.2) is 71.2 Å². The van der Waals surface area contributed by atoms with Crippen molar-refractivity contribution >= 4 is 17.3 Å². The maximum atomic E-state index is 13.3. The number of rotatable bonds is 1. The van der Waals surface area contributed by atoms with E-state index in [2.05, 4.69) is 0 Å². The molecule has 4 atom stereocenters. The molecule has 0 unspecified atom stereocenters. The molecule has 5 nitrogen and oxygen atoms in total. The standard InChI is InChI=1S/C25H24O5/c1-13-14(2)28-22-16-10-11-25(3,4)30-23(16)19-17(15-8-6-5-7-9-15)12-18(26)29-24(19)20(22)21(13)27/h5-14,19,24H,1-4H3/t13-,14-,19-,24-/m1/s1. The van der Waals surface area contributed by atoms with Crippen LogP contribution in [-0.4, -0.2) is 29.6 Å². The third-order valence-electron chi connectivity index (χ3n) is 6.29. The first-order chi connectivity index (χ1) is 14.3. The van der Waals surface area contributed by atoms with Gasteiger partial charge in [0.25, 0.3) is 0 Å². The summed E-state index contributed by atoms with van der Waals surface area (Å²) in [4.78, 5) is 25.9. The summed E-state index contributed by atoms with van der Waals surface area (Å²) in [5.41, 5.74) is 2.37. The quantitative estimate of drug-likeness (QED) is 0.659. The zero-order chi connectivity index (χ0) is 21.2. The largest absolute Gasteiger partial charge is 0.489 e. The van der Waals surface area contributed by atoms with Crippen LogP contribution in [0.4, 0.5) is 0 Å². The molecule has 0 spiro atoms. The summed E-state index contributed by atoms with van der Waals surface area (Å²) in [7, 11) is 0. The number of carbonyl (C=O) groups excluding carboxylic acids is 2. The van der Waals surface area contributed by atoms with E-state index in [1.54, 1.807) is 0 Å². The molecule has 0 saturated heterocycles. The van der Waals surface area contributed by atoms with E-state index in [1.807, 2.05) is 70.2 Å². The lowest BCUT2D eigenvalue weighted by molar-refractivity contribution is -0.146. The average molecular weight is 404 g/mol. The molecule has 0 N–H and O–H groups in total. The first-order valence-electron chi connectivity index (χ1n) is 10.3. The Morgan fingerprint density at radius 2 is 1.73 bits per heavy atom. The molecule has 0 amide bonds. The predicted molar refractivity (Wildman–Crippen MR) is 111 cm³/mol. The predicted octanol–water partition coefficient (Wildman–Crippen LogP) is 4.12. The number of fused-ring (bicyclic) bond motifs is 4. The molecule has 0 bridgehead atoms. The smallest absolute Gasteiger partial charge is 0.331 e. The molecule has 3 aliphatic heterocycles. The summed E-state index contributed by atoms with van der Waals surface area (Å²) < 4.78 is 18.4. The lowest BCUT2D eigenvalue weighted by atomic mass is 9.72. The number of benzene rings is 1. The second-order valence-corrected chi connectivity index (χ2v) is 8.84. The molecule has 0 saturated carbocycles. The van der Waals surface area contributed by atoms with Crippen LogP contribution in [0.3, 0.4) is 0 Å². The molecule has 5 rings (SSSR count). The number of Topliss-reactive ketones (excluding diaryl/α,β-unsaturated/α-hetero) is 1. The molecule has 4 aliphatic rings. The molecule has 3 heterocycles. The summed E-state index contributed by atoms with van der Waals surface area (Å²) in [6, 6.07) is 9.70. The maximum absolute atomic E-state index is 13.3. The number of carbonyl (C=O) groups is 2. The highest BCUT2D eigenvalue weighted by atomic mass is 16.6. The Morgan fingerprint density at radius 1 is 1.00 bits per heavy atom. The summed E-state index contributed by atoms with van der Waals surface area (Å²) in [5, 5.41) is 0. The van der Waals surface area contributed by atoms with Gasteiger partial charge in [0.2, 0.25) is 0 Å². The SMILES string of the molecule is C[C@H]1OC2=C(C(=O)[C@@H]1C)[C@@H]1OC(=O)C=C(c3ccccc3)[C@@H]1C1=C2C=CC(C)(C)O1. The molecule has 5 heteroatoms. The van der Waals surface area contributed by atoms with Gasteiger partial charge >= 0.3 is 5.97 Å². The van der Waals surface area contributed by atoms with Gasteiger partial charge in [0.05, 0.1) is 23.0 Å². The summed E-state index contributed by atoms with van der Waals surface area (Å²) >= 11 is 0. The highest BCUT2D eigenvalue weighted by Crippen LogP contribution is 2.51. The zero-order valence-corrected chi connectivity index (χ0v) is 17.5. The lowest BCUT2D eigenvalue weighted by Crippen LogP contribution is -2.47. The highest BCUT2D eigenvalue weighted by Gasteiger charge is 2.52. The van der Waals surface area contributed by atoms with Gasteiger partial charge in [0.1, 0.15) is 29.3 Å². The monoisotopic (exact) mass is 404 g/mol. The van der Waals surface area contributed by atoms with Crippen molar-refractivity contribution in [3.63, 3.8) is 0 Å². The van der Waals surface area contributed by atoms with E-state index in [0.29, 0.717) is 17.1 Å². The molecule has 1 aromatic rings. The van der Waals surface area contributed by atoms with Crippen molar-refractivity contribution in [2.45, 2.75) is 45.5 Å². The topological polar surface area (TPSA) is 61.8 Å². The lowest BCUT2D eigenvalue weighted by Gasteiger charge is -2.45. The second-order valence-electron chi connectivity index (χ2n) is 8.84. The van der Waals surface area contributed by atoms with Gasteiger partial charge in [0, 0.05) is 6.08 Å². The molecule has 1 aliphatic carbocycles. The number of esters is 1. The number of hydrogen-bond acceptors (Lipinski definition) is 5. The van der Waals surface area contributed by atoms with Crippen molar-refractivity contribution < 1.29 is 23.8 Å². The summed E-state index contributed by atoms with van der Waals surface area (Å²) in [5.74, 6) is -0.0575. The van der Waals surface area contributed by atoms with Gasteiger partial charge in [-0.2, -0.15) is 0 Å². The molecule has 0 radical (unpaired) electrons. The number of hydrogen-bond donors (Lipinski definition) is 0. The van der Waals surface area contributed by atoms with Crippen LogP contribution in [0.1, 0.15) is 33.3 Å². The normalized spacial score (nSPS) is 31.7. The second kappa shape index (κ2) is 6.46. The van der Waals surface area contributed by atoms with Crippen molar-refractivity contribution in [2.24, 2.45) is 11.8 Å². The van der Waals surface area contributed by atoms with E-state index in [1.165, 1.54) is 6.08 Å². The van der Waals surface area contributed by atoms with Crippen LogP contribution >= 0.6 is 0 Å². The van der Waals surface area contributed by atoms with E-state index in [4.69, 9.17) is 14.2 Å². The van der Waals surface area contributed by atoms with Crippen LogP contribution in [0.2, 0.25) is 0 Å². The molecule has 1 aromatic carbocycles. The number of allylic oxidation sites excluding steroid dienone is 1. The highest BCUT2D eigenvalue weighted by molar-refractivity contribution is 6.04. The minimum absolute atomic E-state index is 0.0364. The van der Waals surface area contributed by atoms with Gasteiger partial charge in [-0.3, -0.25) is 4.79 Å². The van der Waals surface area contributed by atoms with Crippen molar-refractivity contribution in [1.29, 1.82) is 0 Å². The molecular weight excluding hydrogens is 380 g/mol. The minimum Gasteiger partial charge on any atom is -0.489 e. The number of ether oxygens (including phenoxy) is 3. The molecule has 30 heavy (non-hydrogen) atoms. The third-order valence-corrected chi connectivity index (χ3v) is 6.29. The zero-order valence-electron chi connectivity index (χ0n) is 17.5. The van der Waals surface area contributed by atoms with Gasteiger partial charge in [0.15, 0.2) is 5.78 Å². The van der Waals surface area contributed by atoms with Crippen LogP contribution < -0.4 is 0 Å². The van der Waals surface area contributed by atoms with E-state index in [9.17, 15) is 9.59 Å². The molecule has 0 fully saturated rings. The van der Waals surface area contributed by atoms with Crippen LogP contribution in [-0.2, 0) is 23.8 Å². The third kappa shape index (κ3) is 2.76. The van der Waals surface area contributed by atoms with Crippen LogP contribution in [0, 0.1) is 11.8 Å². The van der Waals surface area contributed by atoms with Crippen LogP contribution in [0.25, 0.3) is 5.57 Å². The van der Waals surface area contributed by atoms with E-state index in [0.717, 1.165) is 16.7 Å². The number of ketones is 1. The van der Waals surface area contributed by atoms with Crippen molar-refractivity contribution in [2.75, 3.05) is 0 Å². The molecule has 0 aromatic heterocycles.